The lowest BCUT2D eigenvalue weighted by Crippen LogP contribution is -1.95. The lowest BCUT2D eigenvalue weighted by Gasteiger charge is -1.98. The predicted molar refractivity (Wildman–Crippen MR) is 70.7 cm³/mol. The molecule has 3 nitrogen and oxygen atoms in total. The van der Waals surface area contributed by atoms with Gasteiger partial charge in [0, 0.05) is 22.9 Å². The molecule has 0 bridgehead atoms. The smallest absolute Gasteiger partial charge is 0.130 e. The predicted octanol–water partition coefficient (Wildman–Crippen LogP) is 3.36. The highest BCUT2D eigenvalue weighted by Crippen LogP contribution is 2.21. The van der Waals surface area contributed by atoms with E-state index in [4.69, 9.17) is 0 Å². The molecule has 0 amide bonds. The van der Waals surface area contributed by atoms with Gasteiger partial charge >= 0.3 is 0 Å². The second kappa shape index (κ2) is 5.27. The summed E-state index contributed by atoms with van der Waals surface area (Å²) < 4.78 is 1.04. The van der Waals surface area contributed by atoms with Gasteiger partial charge in [0.05, 0.1) is 11.9 Å². The van der Waals surface area contributed by atoms with E-state index in [0.29, 0.717) is 12.8 Å². The Kier molecular flexibility index (Phi) is 3.74. The van der Waals surface area contributed by atoms with E-state index in [1.54, 1.807) is 13.1 Å². The van der Waals surface area contributed by atoms with E-state index in [1.807, 2.05) is 24.3 Å². The lowest BCUT2D eigenvalue weighted by molar-refractivity contribution is -0.117. The molecule has 0 atom stereocenters. The Balaban J connectivity index is 2.15. The first-order chi connectivity index (χ1) is 8.15. The Hall–Kier alpha value is -1.42. The Morgan fingerprint density at radius 3 is 3.00 bits per heavy atom. The summed E-state index contributed by atoms with van der Waals surface area (Å²) in [6, 6.07) is 8.02. The third kappa shape index (κ3) is 3.27. The summed E-state index contributed by atoms with van der Waals surface area (Å²) in [6.45, 7) is 1.60. The molecular formula is C13H13BrN2O. The molecule has 0 unspecified atom stereocenters. The van der Waals surface area contributed by atoms with Crippen molar-refractivity contribution in [2.45, 2.75) is 19.8 Å². The zero-order valence-corrected chi connectivity index (χ0v) is 11.1. The molecular weight excluding hydrogens is 280 g/mol. The van der Waals surface area contributed by atoms with Gasteiger partial charge in [-0.25, -0.2) is 4.98 Å². The van der Waals surface area contributed by atoms with Crippen molar-refractivity contribution < 1.29 is 4.79 Å². The van der Waals surface area contributed by atoms with Gasteiger partial charge in [-0.1, -0.05) is 28.1 Å². The standard InChI is InChI=1S/C13H13BrN2O/c1-9(17)5-6-13-15-8-12(16-13)10-3-2-4-11(14)7-10/h2-4,7-8H,5-6H2,1H3,(H,15,16). The van der Waals surface area contributed by atoms with Crippen LogP contribution >= 0.6 is 15.9 Å². The van der Waals surface area contributed by atoms with E-state index in [2.05, 4.69) is 25.9 Å². The van der Waals surface area contributed by atoms with Gasteiger partial charge in [0.1, 0.15) is 11.6 Å². The van der Waals surface area contributed by atoms with Gasteiger partial charge in [-0.3, -0.25) is 0 Å². The number of aromatic nitrogens is 2. The molecule has 4 heteroatoms. The van der Waals surface area contributed by atoms with Crippen molar-refractivity contribution in [3.05, 3.63) is 40.8 Å². The zero-order valence-electron chi connectivity index (χ0n) is 9.53. The van der Waals surface area contributed by atoms with E-state index >= 15 is 0 Å². The number of hydrogen-bond acceptors (Lipinski definition) is 2. The minimum absolute atomic E-state index is 0.186. The number of H-pyrrole nitrogens is 1. The molecule has 0 fully saturated rings. The molecule has 17 heavy (non-hydrogen) atoms. The second-order valence-electron chi connectivity index (χ2n) is 3.96. The molecule has 1 aromatic heterocycles. The van der Waals surface area contributed by atoms with Crippen molar-refractivity contribution in [1.82, 2.24) is 9.97 Å². The van der Waals surface area contributed by atoms with Crippen LogP contribution in [0.2, 0.25) is 0 Å². The minimum atomic E-state index is 0.186. The molecule has 0 aliphatic carbocycles. The number of nitrogens with zero attached hydrogens (tertiary/aromatic N) is 1. The maximum absolute atomic E-state index is 10.9. The Morgan fingerprint density at radius 1 is 1.47 bits per heavy atom. The fourth-order valence-corrected chi connectivity index (χ4v) is 1.99. The van der Waals surface area contributed by atoms with Crippen molar-refractivity contribution in [3.8, 4) is 11.3 Å². The maximum Gasteiger partial charge on any atom is 0.130 e. The normalized spacial score (nSPS) is 10.5. The second-order valence-corrected chi connectivity index (χ2v) is 4.87. The summed E-state index contributed by atoms with van der Waals surface area (Å²) in [5, 5.41) is 0. The first-order valence-electron chi connectivity index (χ1n) is 5.44. The van der Waals surface area contributed by atoms with Gasteiger partial charge in [-0.2, -0.15) is 0 Å². The highest BCUT2D eigenvalue weighted by Gasteiger charge is 2.04. The molecule has 2 rings (SSSR count). The monoisotopic (exact) mass is 292 g/mol. The van der Waals surface area contributed by atoms with Crippen LogP contribution in [0.25, 0.3) is 11.3 Å². The fourth-order valence-electron chi connectivity index (χ4n) is 1.59. The molecule has 0 radical (unpaired) electrons. The van der Waals surface area contributed by atoms with Crippen molar-refractivity contribution >= 4 is 21.7 Å². The number of ketones is 1. The third-order valence-corrected chi connectivity index (χ3v) is 2.97. The largest absolute Gasteiger partial charge is 0.342 e. The van der Waals surface area contributed by atoms with Crippen LogP contribution in [0.1, 0.15) is 19.2 Å². The molecule has 0 spiro atoms. The van der Waals surface area contributed by atoms with Crippen LogP contribution in [0, 0.1) is 0 Å². The number of carbonyl (C=O) groups is 1. The number of rotatable bonds is 4. The molecule has 2 aromatic rings. The van der Waals surface area contributed by atoms with Crippen molar-refractivity contribution in [3.63, 3.8) is 0 Å². The summed E-state index contributed by atoms with van der Waals surface area (Å²) in [7, 11) is 0. The first-order valence-corrected chi connectivity index (χ1v) is 6.24. The molecule has 1 heterocycles. The summed E-state index contributed by atoms with van der Waals surface area (Å²) in [5.41, 5.74) is 2.06. The van der Waals surface area contributed by atoms with E-state index in [9.17, 15) is 4.79 Å². The van der Waals surface area contributed by atoms with Gasteiger partial charge in [-0.05, 0) is 19.1 Å². The quantitative estimate of drug-likeness (QED) is 0.939. The number of aryl methyl sites for hydroxylation is 1. The van der Waals surface area contributed by atoms with E-state index in [1.165, 1.54) is 0 Å². The Morgan fingerprint density at radius 2 is 2.29 bits per heavy atom. The van der Waals surface area contributed by atoms with Crippen LogP contribution in [0.4, 0.5) is 0 Å². The number of imidazole rings is 1. The summed E-state index contributed by atoms with van der Waals surface area (Å²) in [5.74, 6) is 1.04. The number of Topliss-reactive ketones (excluding diaryl/α,β-unsaturated/α-hetero) is 1. The van der Waals surface area contributed by atoms with Crippen LogP contribution in [0.5, 0.6) is 0 Å². The lowest BCUT2D eigenvalue weighted by atomic mass is 10.2. The molecule has 1 aromatic carbocycles. The SMILES string of the molecule is CC(=O)CCc1ncc(-c2cccc(Br)c2)[nH]1. The van der Waals surface area contributed by atoms with Crippen molar-refractivity contribution in [1.29, 1.82) is 0 Å². The average Bonchev–Trinajstić information content (AvgIpc) is 2.75. The van der Waals surface area contributed by atoms with Gasteiger partial charge in [0.25, 0.3) is 0 Å². The van der Waals surface area contributed by atoms with Gasteiger partial charge < -0.3 is 9.78 Å². The molecule has 0 saturated carbocycles. The van der Waals surface area contributed by atoms with Gasteiger partial charge in [-0.15, -0.1) is 0 Å². The molecule has 88 valence electrons. The number of benzene rings is 1. The summed E-state index contributed by atoms with van der Waals surface area (Å²) >= 11 is 3.44. The maximum atomic E-state index is 10.9. The number of hydrogen-bond donors (Lipinski definition) is 1. The molecule has 1 N–H and O–H groups in total. The van der Waals surface area contributed by atoms with Crippen LogP contribution < -0.4 is 0 Å². The number of halogens is 1. The van der Waals surface area contributed by atoms with Crippen molar-refractivity contribution in [2.24, 2.45) is 0 Å². The summed E-state index contributed by atoms with van der Waals surface area (Å²) in [6.07, 6.45) is 3.01. The summed E-state index contributed by atoms with van der Waals surface area (Å²) in [4.78, 5) is 18.4. The van der Waals surface area contributed by atoms with Crippen molar-refractivity contribution in [2.75, 3.05) is 0 Å². The number of aromatic amines is 1. The van der Waals surface area contributed by atoms with Crippen LogP contribution in [0.3, 0.4) is 0 Å². The van der Waals surface area contributed by atoms with Crippen LogP contribution in [-0.2, 0) is 11.2 Å². The van der Waals surface area contributed by atoms with E-state index in [-0.39, 0.29) is 5.78 Å². The average molecular weight is 293 g/mol. The first kappa shape index (κ1) is 12.0. The number of nitrogens with one attached hydrogen (secondary N) is 1. The highest BCUT2D eigenvalue weighted by atomic mass is 79.9. The topological polar surface area (TPSA) is 45.8 Å². The van der Waals surface area contributed by atoms with Gasteiger partial charge in [0.15, 0.2) is 0 Å². The zero-order chi connectivity index (χ0) is 12.3. The molecule has 0 aliphatic heterocycles. The van der Waals surface area contributed by atoms with Gasteiger partial charge in [0.2, 0.25) is 0 Å². The molecule has 0 aliphatic rings. The Labute approximate surface area is 108 Å². The fraction of sp³-hybridized carbons (Fsp3) is 0.231. The number of carbonyl (C=O) groups excluding carboxylic acids is 1. The van der Waals surface area contributed by atoms with Crippen LogP contribution in [0.15, 0.2) is 34.9 Å². The van der Waals surface area contributed by atoms with E-state index < -0.39 is 0 Å². The Bertz CT molecular complexity index is 534. The highest BCUT2D eigenvalue weighted by molar-refractivity contribution is 9.10. The third-order valence-electron chi connectivity index (χ3n) is 2.48. The minimum Gasteiger partial charge on any atom is -0.342 e. The molecule has 0 saturated heterocycles. The van der Waals surface area contributed by atoms with E-state index in [0.717, 1.165) is 21.6 Å². The van der Waals surface area contributed by atoms with Crippen LogP contribution in [-0.4, -0.2) is 15.8 Å².